The molecular weight excluding hydrogens is 219 g/mol. The summed E-state index contributed by atoms with van der Waals surface area (Å²) in [5.74, 6) is 0.386. The summed E-state index contributed by atoms with van der Waals surface area (Å²) in [6.07, 6.45) is -2.56. The van der Waals surface area contributed by atoms with Gasteiger partial charge in [0.2, 0.25) is 0 Å². The van der Waals surface area contributed by atoms with Crippen LogP contribution in [0.25, 0.3) is 0 Å². The van der Waals surface area contributed by atoms with Crippen LogP contribution in [0.5, 0.6) is 0 Å². The highest BCUT2D eigenvalue weighted by atomic mass is 19.4. The van der Waals surface area contributed by atoms with Crippen molar-refractivity contribution in [3.8, 4) is 0 Å². The number of fused-ring (bicyclic) bond motifs is 1. The molecule has 0 unspecified atom stereocenters. The fourth-order valence-electron chi connectivity index (χ4n) is 3.32. The number of rotatable bonds is 2. The number of halogens is 3. The van der Waals surface area contributed by atoms with Gasteiger partial charge in [0, 0.05) is 12.1 Å². The van der Waals surface area contributed by atoms with E-state index >= 15 is 0 Å². The van der Waals surface area contributed by atoms with E-state index in [0.29, 0.717) is 18.9 Å². The first-order valence-electron chi connectivity index (χ1n) is 5.83. The van der Waals surface area contributed by atoms with Crippen molar-refractivity contribution >= 4 is 0 Å². The van der Waals surface area contributed by atoms with Crippen molar-refractivity contribution in [3.63, 3.8) is 0 Å². The summed E-state index contributed by atoms with van der Waals surface area (Å²) in [7, 11) is 0. The van der Waals surface area contributed by atoms with E-state index in [1.54, 1.807) is 0 Å². The van der Waals surface area contributed by atoms with Crippen molar-refractivity contribution in [2.75, 3.05) is 13.1 Å². The topological polar surface area (TPSA) is 12.5 Å². The lowest BCUT2D eigenvalue weighted by atomic mass is 9.82. The van der Waals surface area contributed by atoms with Crippen molar-refractivity contribution in [2.24, 2.45) is 5.92 Å². The molecule has 2 nitrogen and oxygen atoms in total. The van der Waals surface area contributed by atoms with Gasteiger partial charge < -0.3 is 0 Å². The molecule has 0 aliphatic carbocycles. The van der Waals surface area contributed by atoms with E-state index in [0.717, 1.165) is 19.4 Å². The van der Waals surface area contributed by atoms with Gasteiger partial charge in [0.05, 0.1) is 6.10 Å². The van der Waals surface area contributed by atoms with Crippen LogP contribution in [0, 0.1) is 5.92 Å². The molecule has 2 heterocycles. The molecule has 0 aromatic rings. The molecule has 0 radical (unpaired) electrons. The number of nitrogens with zero attached hydrogens (tertiary/aromatic N) is 1. The molecule has 16 heavy (non-hydrogen) atoms. The Morgan fingerprint density at radius 1 is 1.38 bits per heavy atom. The van der Waals surface area contributed by atoms with Crippen LogP contribution in [0.1, 0.15) is 33.1 Å². The van der Waals surface area contributed by atoms with Gasteiger partial charge in [0.15, 0.2) is 0 Å². The van der Waals surface area contributed by atoms with Gasteiger partial charge in [-0.25, -0.2) is 0 Å². The van der Waals surface area contributed by atoms with E-state index in [4.69, 9.17) is 0 Å². The second-order valence-electron chi connectivity index (χ2n) is 5.20. The van der Waals surface area contributed by atoms with Crippen molar-refractivity contribution in [3.05, 3.63) is 0 Å². The smallest absolute Gasteiger partial charge is 0.295 e. The molecule has 2 aliphatic heterocycles. The third kappa shape index (κ3) is 2.07. The monoisotopic (exact) mass is 237 g/mol. The maximum absolute atomic E-state index is 12.2. The highest BCUT2D eigenvalue weighted by Gasteiger charge is 2.52. The molecule has 2 atom stereocenters. The first-order chi connectivity index (χ1) is 7.33. The SMILES string of the molecule is CC(C)[C@]12CCCN1C[C@@H](OC(F)(F)F)C2. The highest BCUT2D eigenvalue weighted by molar-refractivity contribution is 5.05. The minimum Gasteiger partial charge on any atom is -0.295 e. The fraction of sp³-hybridized carbons (Fsp3) is 1.00. The molecule has 94 valence electrons. The zero-order valence-electron chi connectivity index (χ0n) is 9.68. The molecule has 2 rings (SSSR count). The molecule has 0 aromatic heterocycles. The first-order valence-corrected chi connectivity index (χ1v) is 5.83. The Labute approximate surface area is 93.7 Å². The molecule has 0 spiro atoms. The Kier molecular flexibility index (Phi) is 2.95. The summed E-state index contributed by atoms with van der Waals surface area (Å²) < 4.78 is 40.7. The van der Waals surface area contributed by atoms with Gasteiger partial charge in [-0.05, 0) is 31.7 Å². The largest absolute Gasteiger partial charge is 0.522 e. The van der Waals surface area contributed by atoms with Crippen molar-refractivity contribution in [1.29, 1.82) is 0 Å². The van der Waals surface area contributed by atoms with Gasteiger partial charge in [0.25, 0.3) is 0 Å². The third-order valence-electron chi connectivity index (χ3n) is 4.05. The second-order valence-corrected chi connectivity index (χ2v) is 5.20. The van der Waals surface area contributed by atoms with Crippen LogP contribution < -0.4 is 0 Å². The lowest BCUT2D eigenvalue weighted by Crippen LogP contribution is -2.42. The van der Waals surface area contributed by atoms with E-state index in [1.807, 2.05) is 0 Å². The van der Waals surface area contributed by atoms with Gasteiger partial charge in [-0.2, -0.15) is 0 Å². The average molecular weight is 237 g/mol. The van der Waals surface area contributed by atoms with E-state index in [9.17, 15) is 13.2 Å². The maximum Gasteiger partial charge on any atom is 0.522 e. The standard InChI is InChI=1S/C11H18F3NO/c1-8(2)10-4-3-5-15(10)7-9(6-10)16-11(12,13)14/h8-9H,3-7H2,1-2H3/t9-,10+/m0/s1. The Hall–Kier alpha value is -0.290. The van der Waals surface area contributed by atoms with Crippen LogP contribution in [0.2, 0.25) is 0 Å². The second kappa shape index (κ2) is 3.88. The van der Waals surface area contributed by atoms with E-state index < -0.39 is 12.5 Å². The van der Waals surface area contributed by atoms with Gasteiger partial charge in [-0.3, -0.25) is 9.64 Å². The molecule has 0 bridgehead atoms. The van der Waals surface area contributed by atoms with Crippen molar-refractivity contribution < 1.29 is 17.9 Å². The van der Waals surface area contributed by atoms with Crippen molar-refractivity contribution in [2.45, 2.75) is 51.1 Å². The van der Waals surface area contributed by atoms with E-state index in [-0.39, 0.29) is 5.54 Å². The Morgan fingerprint density at radius 2 is 2.06 bits per heavy atom. The molecule has 2 aliphatic rings. The fourth-order valence-corrected chi connectivity index (χ4v) is 3.32. The highest BCUT2D eigenvalue weighted by Crippen LogP contribution is 2.45. The van der Waals surface area contributed by atoms with Gasteiger partial charge in [-0.15, -0.1) is 13.2 Å². The molecule has 2 fully saturated rings. The maximum atomic E-state index is 12.2. The molecule has 5 heteroatoms. The summed E-state index contributed by atoms with van der Waals surface area (Å²) >= 11 is 0. The van der Waals surface area contributed by atoms with Crippen LogP contribution >= 0.6 is 0 Å². The molecular formula is C11H18F3NO. The zero-order chi connectivity index (χ0) is 12.0. The molecule has 0 aromatic carbocycles. The summed E-state index contributed by atoms with van der Waals surface area (Å²) in [5.41, 5.74) is -0.0457. The Morgan fingerprint density at radius 3 is 2.56 bits per heavy atom. The van der Waals surface area contributed by atoms with Crippen LogP contribution in [-0.4, -0.2) is 36.0 Å². The average Bonchev–Trinajstić information content (AvgIpc) is 2.56. The van der Waals surface area contributed by atoms with E-state index in [1.165, 1.54) is 0 Å². The summed E-state index contributed by atoms with van der Waals surface area (Å²) in [4.78, 5) is 2.19. The van der Waals surface area contributed by atoms with Crippen LogP contribution in [-0.2, 0) is 4.74 Å². The number of alkyl halides is 3. The van der Waals surface area contributed by atoms with Crippen molar-refractivity contribution in [1.82, 2.24) is 4.90 Å². The molecule has 0 saturated carbocycles. The first kappa shape index (κ1) is 12.2. The zero-order valence-corrected chi connectivity index (χ0v) is 9.68. The molecule has 2 saturated heterocycles. The quantitative estimate of drug-likeness (QED) is 0.732. The number of hydrogen-bond donors (Lipinski definition) is 0. The Bertz CT molecular complexity index is 266. The van der Waals surface area contributed by atoms with Crippen LogP contribution in [0.4, 0.5) is 13.2 Å². The summed E-state index contributed by atoms with van der Waals surface area (Å²) in [6, 6.07) is 0. The molecule has 0 amide bonds. The predicted molar refractivity (Wildman–Crippen MR) is 53.9 cm³/mol. The normalized spacial score (nSPS) is 36.0. The minimum atomic E-state index is -4.50. The number of ether oxygens (including phenoxy) is 1. The molecule has 0 N–H and O–H groups in total. The van der Waals surface area contributed by atoms with Gasteiger partial charge in [0.1, 0.15) is 0 Å². The van der Waals surface area contributed by atoms with Crippen LogP contribution in [0.15, 0.2) is 0 Å². The van der Waals surface area contributed by atoms with Gasteiger partial charge >= 0.3 is 6.36 Å². The van der Waals surface area contributed by atoms with Gasteiger partial charge in [-0.1, -0.05) is 13.8 Å². The lowest BCUT2D eigenvalue weighted by molar-refractivity contribution is -0.341. The number of hydrogen-bond acceptors (Lipinski definition) is 2. The summed E-state index contributed by atoms with van der Waals surface area (Å²) in [5, 5.41) is 0. The predicted octanol–water partition coefficient (Wildman–Crippen LogP) is 2.79. The minimum absolute atomic E-state index is 0.0457. The Balaban J connectivity index is 2.05. The van der Waals surface area contributed by atoms with Crippen LogP contribution in [0.3, 0.4) is 0 Å². The third-order valence-corrected chi connectivity index (χ3v) is 4.05. The summed E-state index contributed by atoms with van der Waals surface area (Å²) in [6.45, 7) is 5.52. The van der Waals surface area contributed by atoms with E-state index in [2.05, 4.69) is 23.5 Å². The lowest BCUT2D eigenvalue weighted by Gasteiger charge is -2.35.